The van der Waals surface area contributed by atoms with Crippen LogP contribution in [0.25, 0.3) is 0 Å². The number of hydrogen-bond donors (Lipinski definition) is 0. The molecule has 0 bridgehead atoms. The van der Waals surface area contributed by atoms with Gasteiger partial charge < -0.3 is 19.4 Å². The van der Waals surface area contributed by atoms with Crippen molar-refractivity contribution in [2.45, 2.75) is 18.9 Å². The molecule has 1 unspecified atom stereocenters. The van der Waals surface area contributed by atoms with Crippen LogP contribution in [-0.2, 0) is 9.59 Å². The Morgan fingerprint density at radius 2 is 1.70 bits per heavy atom. The first kappa shape index (κ1) is 27.5. The van der Waals surface area contributed by atoms with Gasteiger partial charge in [-0.15, -0.1) is 11.3 Å². The number of thiazole rings is 1. The Morgan fingerprint density at radius 1 is 1.05 bits per heavy atom. The first-order valence-corrected chi connectivity index (χ1v) is 12.2. The zero-order valence-electron chi connectivity index (χ0n) is 20.6. The summed E-state index contributed by atoms with van der Waals surface area (Å²) in [6.07, 6.45) is 2.37. The van der Waals surface area contributed by atoms with E-state index in [0.717, 1.165) is 21.9 Å². The Hall–Kier alpha value is -4.10. The third-order valence-corrected chi connectivity index (χ3v) is 6.65. The molecule has 0 aliphatic heterocycles. The summed E-state index contributed by atoms with van der Waals surface area (Å²) >= 11 is 1.39. The fourth-order valence-corrected chi connectivity index (χ4v) is 4.25. The van der Waals surface area contributed by atoms with Crippen molar-refractivity contribution in [3.8, 4) is 11.8 Å². The van der Waals surface area contributed by atoms with Crippen molar-refractivity contribution in [2.24, 2.45) is 0 Å². The number of benzene rings is 2. The minimum atomic E-state index is -1.52. The highest BCUT2D eigenvalue weighted by atomic mass is 32.1. The van der Waals surface area contributed by atoms with Gasteiger partial charge >= 0.3 is 6.03 Å². The van der Waals surface area contributed by atoms with Crippen molar-refractivity contribution in [1.82, 2.24) is 9.88 Å². The average Bonchev–Trinajstić information content (AvgIpc) is 3.43. The highest BCUT2D eigenvalue weighted by molar-refractivity contribution is 7.13. The number of aldehydes is 2. The second kappa shape index (κ2) is 12.2. The summed E-state index contributed by atoms with van der Waals surface area (Å²) in [7, 11) is 2.97. The number of anilines is 2. The number of urea groups is 1. The van der Waals surface area contributed by atoms with Crippen molar-refractivity contribution in [2.75, 3.05) is 37.0 Å². The highest BCUT2D eigenvalue weighted by Gasteiger charge is 2.38. The molecule has 3 rings (SSSR count). The summed E-state index contributed by atoms with van der Waals surface area (Å²) < 4.78 is 30.2. The zero-order valence-corrected chi connectivity index (χ0v) is 21.5. The molecule has 2 amide bonds. The number of halogens is 2. The molecule has 0 N–H and O–H groups in total. The van der Waals surface area contributed by atoms with E-state index in [9.17, 15) is 14.4 Å². The van der Waals surface area contributed by atoms with E-state index in [1.807, 2.05) is 6.07 Å². The summed E-state index contributed by atoms with van der Waals surface area (Å²) in [4.78, 5) is 44.7. The summed E-state index contributed by atoms with van der Waals surface area (Å²) in [6, 6.07) is 10.2. The summed E-state index contributed by atoms with van der Waals surface area (Å²) in [5.41, 5.74) is -1.33. The molecule has 0 spiro atoms. The molecule has 1 heterocycles. The molecule has 0 fully saturated rings. The first-order chi connectivity index (χ1) is 17.7. The van der Waals surface area contributed by atoms with Gasteiger partial charge in [0.15, 0.2) is 16.8 Å². The third kappa shape index (κ3) is 6.57. The standard InChI is InChI=1S/C27H26F2N4O3S/c1-27(19-35,11-15-34)33(14-13-31(2)25-30-12-16-37-25)26(36)32(3)24-22(28)17-21(18-23(24)29)10-9-20-7-5-4-6-8-20/h4-8,12,15-19H,11,13-14H2,1-3H3. The number of nitrogens with zero attached hydrogens (tertiary/aromatic N) is 4. The molecule has 0 saturated heterocycles. The summed E-state index contributed by atoms with van der Waals surface area (Å²) in [6.45, 7) is 1.68. The summed E-state index contributed by atoms with van der Waals surface area (Å²) in [5, 5.41) is 2.48. The van der Waals surface area contributed by atoms with Crippen molar-refractivity contribution in [1.29, 1.82) is 0 Å². The maximum Gasteiger partial charge on any atom is 0.325 e. The minimum Gasteiger partial charge on any atom is -0.349 e. The molecule has 0 radical (unpaired) electrons. The smallest absolute Gasteiger partial charge is 0.325 e. The quantitative estimate of drug-likeness (QED) is 0.307. The second-order valence-corrected chi connectivity index (χ2v) is 9.35. The van der Waals surface area contributed by atoms with Gasteiger partial charge in [0.2, 0.25) is 0 Å². The number of likely N-dealkylation sites (N-methyl/N-ethyl adjacent to an activating group) is 1. The molecular weight excluding hydrogens is 498 g/mol. The van der Waals surface area contributed by atoms with Crippen LogP contribution in [0.2, 0.25) is 0 Å². The molecule has 7 nitrogen and oxygen atoms in total. The normalized spacial score (nSPS) is 12.0. The highest BCUT2D eigenvalue weighted by Crippen LogP contribution is 2.27. The molecule has 0 aliphatic carbocycles. The van der Waals surface area contributed by atoms with Crippen LogP contribution in [0.15, 0.2) is 54.0 Å². The topological polar surface area (TPSA) is 73.8 Å². The third-order valence-electron chi connectivity index (χ3n) is 5.77. The van der Waals surface area contributed by atoms with Gasteiger partial charge in [0, 0.05) is 56.3 Å². The van der Waals surface area contributed by atoms with Gasteiger partial charge in [-0.2, -0.15) is 0 Å². The lowest BCUT2D eigenvalue weighted by atomic mass is 9.98. The van der Waals surface area contributed by atoms with Crippen LogP contribution in [0.1, 0.15) is 24.5 Å². The Bertz CT molecular complexity index is 1290. The number of carbonyl (C=O) groups is 3. The molecule has 0 saturated carbocycles. The number of aromatic nitrogens is 1. The molecule has 37 heavy (non-hydrogen) atoms. The maximum atomic E-state index is 15.1. The Balaban J connectivity index is 1.89. The van der Waals surface area contributed by atoms with Crippen LogP contribution in [0, 0.1) is 23.5 Å². The van der Waals surface area contributed by atoms with E-state index in [1.54, 1.807) is 47.8 Å². The van der Waals surface area contributed by atoms with Crippen LogP contribution in [0.4, 0.5) is 24.4 Å². The zero-order chi connectivity index (χ0) is 27.0. The van der Waals surface area contributed by atoms with Crippen LogP contribution in [0.3, 0.4) is 0 Å². The van der Waals surface area contributed by atoms with E-state index >= 15 is 8.78 Å². The van der Waals surface area contributed by atoms with E-state index in [2.05, 4.69) is 16.8 Å². The Labute approximate surface area is 218 Å². The second-order valence-electron chi connectivity index (χ2n) is 8.48. The van der Waals surface area contributed by atoms with Gasteiger partial charge in [0.05, 0.1) is 0 Å². The van der Waals surface area contributed by atoms with Crippen molar-refractivity contribution >= 4 is 40.8 Å². The van der Waals surface area contributed by atoms with Gasteiger partial charge in [0.25, 0.3) is 0 Å². The molecular formula is C27H26F2N4O3S. The molecule has 1 atom stereocenters. The van der Waals surface area contributed by atoms with Gasteiger partial charge in [-0.25, -0.2) is 18.6 Å². The largest absolute Gasteiger partial charge is 0.349 e. The van der Waals surface area contributed by atoms with E-state index < -0.39 is 28.9 Å². The van der Waals surface area contributed by atoms with Gasteiger partial charge in [0.1, 0.15) is 23.8 Å². The molecule has 192 valence electrons. The van der Waals surface area contributed by atoms with E-state index in [0.29, 0.717) is 23.3 Å². The number of hydrogen-bond acceptors (Lipinski definition) is 6. The lowest BCUT2D eigenvalue weighted by molar-refractivity contribution is -0.120. The Morgan fingerprint density at radius 3 is 2.27 bits per heavy atom. The predicted octanol–water partition coefficient (Wildman–Crippen LogP) is 4.36. The van der Waals surface area contributed by atoms with E-state index in [1.165, 1.54) is 25.3 Å². The number of amides is 2. The lowest BCUT2D eigenvalue weighted by Gasteiger charge is -2.39. The fraction of sp³-hybridized carbons (Fsp3) is 0.259. The number of rotatable bonds is 9. The first-order valence-electron chi connectivity index (χ1n) is 11.3. The predicted molar refractivity (Wildman–Crippen MR) is 140 cm³/mol. The van der Waals surface area contributed by atoms with Crippen LogP contribution >= 0.6 is 11.3 Å². The Kier molecular flexibility index (Phi) is 9.09. The lowest BCUT2D eigenvalue weighted by Crippen LogP contribution is -2.57. The van der Waals surface area contributed by atoms with Crippen LogP contribution in [-0.4, -0.2) is 61.2 Å². The maximum absolute atomic E-state index is 15.1. The summed E-state index contributed by atoms with van der Waals surface area (Å²) in [5.74, 6) is 3.57. The monoisotopic (exact) mass is 524 g/mol. The SMILES string of the molecule is CN(CCN(C(=O)N(C)c1c(F)cc(C#Cc2ccccc2)cc1F)C(C)(C=O)CC=O)c1nccs1. The van der Waals surface area contributed by atoms with E-state index in [-0.39, 0.29) is 25.1 Å². The molecule has 0 aliphatic rings. The van der Waals surface area contributed by atoms with Crippen molar-refractivity contribution < 1.29 is 23.2 Å². The molecule has 3 aromatic rings. The molecule has 2 aromatic carbocycles. The molecule has 10 heteroatoms. The van der Waals surface area contributed by atoms with Crippen LogP contribution in [0.5, 0.6) is 0 Å². The van der Waals surface area contributed by atoms with Crippen LogP contribution < -0.4 is 9.80 Å². The minimum absolute atomic E-state index is 0.00773. The van der Waals surface area contributed by atoms with Gasteiger partial charge in [-0.05, 0) is 31.2 Å². The van der Waals surface area contributed by atoms with Crippen molar-refractivity contribution in [3.05, 3.63) is 76.8 Å². The molecule has 1 aromatic heterocycles. The van der Waals surface area contributed by atoms with E-state index in [4.69, 9.17) is 0 Å². The van der Waals surface area contributed by atoms with Gasteiger partial charge in [-0.1, -0.05) is 30.0 Å². The van der Waals surface area contributed by atoms with Crippen molar-refractivity contribution in [3.63, 3.8) is 0 Å². The average molecular weight is 525 g/mol. The van der Waals surface area contributed by atoms with Gasteiger partial charge in [-0.3, -0.25) is 4.90 Å². The number of carbonyl (C=O) groups excluding carboxylic acids is 3. The fourth-order valence-electron chi connectivity index (χ4n) is 3.61.